The summed E-state index contributed by atoms with van der Waals surface area (Å²) >= 11 is 1.21. The highest BCUT2D eigenvalue weighted by molar-refractivity contribution is 7.09. The summed E-state index contributed by atoms with van der Waals surface area (Å²) in [4.78, 5) is 71.1. The number of carbonyl (C=O) groups is 5. The number of amides is 3. The second kappa shape index (κ2) is 20.9. The third kappa shape index (κ3) is 13.7. The third-order valence-corrected chi connectivity index (χ3v) is 10.3. The molecule has 3 amide bonds. The van der Waals surface area contributed by atoms with Crippen LogP contribution in [0.1, 0.15) is 106 Å². The first-order chi connectivity index (χ1) is 24.3. The molecule has 1 aromatic heterocycles. The summed E-state index contributed by atoms with van der Waals surface area (Å²) in [5.41, 5.74) is 1.18. The molecular formula is C38H57N5O7S. The predicted molar refractivity (Wildman–Crippen MR) is 197 cm³/mol. The van der Waals surface area contributed by atoms with Gasteiger partial charge in [0.15, 0.2) is 6.10 Å². The van der Waals surface area contributed by atoms with Gasteiger partial charge in [-0.1, -0.05) is 57.5 Å². The van der Waals surface area contributed by atoms with Crippen molar-refractivity contribution < 1.29 is 33.4 Å². The number of aromatic nitrogens is 1. The number of methoxy groups -OCH3 is 1. The Balaban J connectivity index is 1.74. The summed E-state index contributed by atoms with van der Waals surface area (Å²) in [7, 11) is 4.99. The monoisotopic (exact) mass is 727 g/mol. The van der Waals surface area contributed by atoms with Gasteiger partial charge >= 0.3 is 11.9 Å². The van der Waals surface area contributed by atoms with Crippen LogP contribution < -0.4 is 16.0 Å². The summed E-state index contributed by atoms with van der Waals surface area (Å²) in [5.74, 6) is -1.89. The summed E-state index contributed by atoms with van der Waals surface area (Å²) in [6.45, 7) is 7.99. The van der Waals surface area contributed by atoms with Crippen LogP contribution >= 0.6 is 11.3 Å². The first-order valence-electron chi connectivity index (χ1n) is 18.1. The molecule has 0 radical (unpaired) electrons. The van der Waals surface area contributed by atoms with Crippen molar-refractivity contribution in [3.8, 4) is 0 Å². The van der Waals surface area contributed by atoms with Crippen molar-refractivity contribution in [3.05, 3.63) is 52.0 Å². The Morgan fingerprint density at radius 1 is 1.00 bits per heavy atom. The van der Waals surface area contributed by atoms with Crippen LogP contribution in [0.3, 0.4) is 0 Å². The Morgan fingerprint density at radius 2 is 1.71 bits per heavy atom. The molecule has 0 unspecified atom stereocenters. The summed E-state index contributed by atoms with van der Waals surface area (Å²) in [6.07, 6.45) is 5.18. The van der Waals surface area contributed by atoms with Gasteiger partial charge in [-0.2, -0.15) is 0 Å². The molecule has 13 heteroatoms. The van der Waals surface area contributed by atoms with E-state index in [0.717, 1.165) is 44.2 Å². The lowest BCUT2D eigenvalue weighted by Gasteiger charge is -2.35. The quantitative estimate of drug-likeness (QED) is 0.114. The lowest BCUT2D eigenvalue weighted by Crippen LogP contribution is -2.52. The third-order valence-electron chi connectivity index (χ3n) is 9.32. The average molecular weight is 728 g/mol. The van der Waals surface area contributed by atoms with Gasteiger partial charge in [-0.25, -0.2) is 4.98 Å². The first kappa shape index (κ1) is 41.6. The molecule has 1 fully saturated rings. The Kier molecular flexibility index (Phi) is 17.0. The number of thiazole rings is 1. The normalized spacial score (nSPS) is 15.6. The van der Waals surface area contributed by atoms with E-state index in [-0.39, 0.29) is 53.8 Å². The number of unbranched alkanes of at least 4 members (excludes halogenated alkanes) is 2. The molecule has 2 aromatic rings. The minimum atomic E-state index is -0.803. The molecule has 5 atom stereocenters. The lowest BCUT2D eigenvalue weighted by molar-refractivity contribution is -0.149. The molecule has 0 aliphatic heterocycles. The molecule has 0 saturated heterocycles. The lowest BCUT2D eigenvalue weighted by atomic mass is 9.95. The second-order valence-corrected chi connectivity index (χ2v) is 14.9. The number of nitrogens with one attached hydrogen (secondary N) is 3. The molecule has 1 aromatic carbocycles. The fourth-order valence-electron chi connectivity index (χ4n) is 6.32. The minimum absolute atomic E-state index is 0.0157. The van der Waals surface area contributed by atoms with E-state index in [0.29, 0.717) is 24.3 Å². The van der Waals surface area contributed by atoms with E-state index < -0.39 is 29.9 Å². The Labute approximate surface area is 306 Å². The van der Waals surface area contributed by atoms with E-state index in [1.54, 1.807) is 24.3 Å². The van der Waals surface area contributed by atoms with Crippen molar-refractivity contribution in [1.29, 1.82) is 0 Å². The van der Waals surface area contributed by atoms with Crippen molar-refractivity contribution in [2.75, 3.05) is 27.7 Å². The number of esters is 2. The van der Waals surface area contributed by atoms with E-state index in [2.05, 4.69) is 20.9 Å². The molecule has 3 N–H and O–H groups in total. The highest BCUT2D eigenvalue weighted by atomic mass is 32.1. The average Bonchev–Trinajstić information content (AvgIpc) is 3.82. The molecule has 1 heterocycles. The minimum Gasteiger partial charge on any atom is -0.469 e. The van der Waals surface area contributed by atoms with Crippen LogP contribution in [0, 0.1) is 17.8 Å². The van der Waals surface area contributed by atoms with Gasteiger partial charge in [0.1, 0.15) is 16.7 Å². The van der Waals surface area contributed by atoms with Gasteiger partial charge in [-0.05, 0) is 69.5 Å². The highest BCUT2D eigenvalue weighted by Crippen LogP contribution is 2.35. The van der Waals surface area contributed by atoms with Gasteiger partial charge in [0.05, 0.1) is 13.0 Å². The molecule has 0 bridgehead atoms. The Hall–Kier alpha value is -3.84. The van der Waals surface area contributed by atoms with Crippen molar-refractivity contribution in [3.63, 3.8) is 0 Å². The molecule has 1 saturated carbocycles. The summed E-state index contributed by atoms with van der Waals surface area (Å²) in [5, 5.41) is 11.2. The van der Waals surface area contributed by atoms with Gasteiger partial charge in [-0.15, -0.1) is 11.3 Å². The molecule has 12 nitrogen and oxygen atoms in total. The number of hydrogen-bond donors (Lipinski definition) is 3. The summed E-state index contributed by atoms with van der Waals surface area (Å²) in [6, 6.07) is 8.37. The standard InChI is InChI=1S/C38H57N5O7S/c1-24(2)31(43(6)37(47)34(28-17-18-28)42-33(45)16-12-9-13-19-39-5)22-32(50-26(4)44)36-41-30(23-51-36)35(46)40-29(20-25(3)38(48)49-7)21-27-14-10-8-11-15-27/h8,10-11,14-15,23-25,28-29,31-32,34,39H,9,12-13,16-22H2,1-7H3,(H,40,46)(H,42,45)/t25-,29+,31+,32+,34-/m0/s1. The van der Waals surface area contributed by atoms with Crippen LogP contribution in [0.5, 0.6) is 0 Å². The summed E-state index contributed by atoms with van der Waals surface area (Å²) < 4.78 is 10.7. The fraction of sp³-hybridized carbons (Fsp3) is 0.632. The molecule has 1 aliphatic rings. The van der Waals surface area contributed by atoms with Crippen LogP contribution in [0.4, 0.5) is 0 Å². The van der Waals surface area contributed by atoms with Crippen molar-refractivity contribution >= 4 is 41.0 Å². The van der Waals surface area contributed by atoms with Crippen LogP contribution in [0.2, 0.25) is 0 Å². The van der Waals surface area contributed by atoms with Gasteiger partial charge < -0.3 is 30.3 Å². The highest BCUT2D eigenvalue weighted by Gasteiger charge is 2.41. The molecule has 1 aliphatic carbocycles. The zero-order valence-corrected chi connectivity index (χ0v) is 32.1. The predicted octanol–water partition coefficient (Wildman–Crippen LogP) is 4.84. The van der Waals surface area contributed by atoms with Gasteiger partial charge in [-0.3, -0.25) is 24.0 Å². The number of hydrogen-bond acceptors (Lipinski definition) is 10. The van der Waals surface area contributed by atoms with Crippen molar-refractivity contribution in [1.82, 2.24) is 25.8 Å². The van der Waals surface area contributed by atoms with E-state index in [1.165, 1.54) is 25.4 Å². The van der Waals surface area contributed by atoms with Crippen LogP contribution in [-0.2, 0) is 35.1 Å². The number of carbonyl (C=O) groups excluding carboxylic acids is 5. The topological polar surface area (TPSA) is 156 Å². The van der Waals surface area contributed by atoms with Crippen LogP contribution in [0.15, 0.2) is 35.7 Å². The van der Waals surface area contributed by atoms with Gasteiger partial charge in [0.2, 0.25) is 11.8 Å². The zero-order chi connectivity index (χ0) is 37.5. The van der Waals surface area contributed by atoms with E-state index in [1.807, 2.05) is 51.2 Å². The number of likely N-dealkylation sites (N-methyl/N-ethyl adjacent to an activating group) is 1. The molecular weight excluding hydrogens is 671 g/mol. The van der Waals surface area contributed by atoms with E-state index in [9.17, 15) is 24.0 Å². The molecule has 0 spiro atoms. The first-order valence-corrected chi connectivity index (χ1v) is 19.0. The number of nitrogens with zero attached hydrogens (tertiary/aromatic N) is 2. The van der Waals surface area contributed by atoms with Crippen LogP contribution in [-0.4, -0.2) is 85.4 Å². The van der Waals surface area contributed by atoms with Gasteiger partial charge in [0.25, 0.3) is 5.91 Å². The number of ether oxygens (including phenoxy) is 2. The largest absolute Gasteiger partial charge is 0.469 e. The smallest absolute Gasteiger partial charge is 0.308 e. The van der Waals surface area contributed by atoms with E-state index in [4.69, 9.17) is 9.47 Å². The molecule has 282 valence electrons. The maximum Gasteiger partial charge on any atom is 0.308 e. The number of rotatable bonds is 22. The Morgan fingerprint density at radius 3 is 2.31 bits per heavy atom. The SMILES string of the molecule is CNCCCCCC(=O)N[C@H](C(=O)N(C)[C@H](C[C@@H](OC(C)=O)c1nc(C(=O)N[C@@H](Cc2ccccc2)C[C@H](C)C(=O)OC)cs1)C(C)C)C1CC1. The molecule has 51 heavy (non-hydrogen) atoms. The second-order valence-electron chi connectivity index (χ2n) is 14.0. The fourth-order valence-corrected chi connectivity index (χ4v) is 7.15. The zero-order valence-electron chi connectivity index (χ0n) is 31.2. The number of benzene rings is 1. The van der Waals surface area contributed by atoms with Gasteiger partial charge in [0, 0.05) is 44.3 Å². The van der Waals surface area contributed by atoms with Crippen LogP contribution in [0.25, 0.3) is 0 Å². The Bertz CT molecular complexity index is 1430. The van der Waals surface area contributed by atoms with Crippen molar-refractivity contribution in [2.24, 2.45) is 17.8 Å². The molecule has 3 rings (SSSR count). The van der Waals surface area contributed by atoms with E-state index >= 15 is 0 Å². The maximum absolute atomic E-state index is 13.9. The maximum atomic E-state index is 13.9. The van der Waals surface area contributed by atoms with Crippen molar-refractivity contribution in [2.45, 2.75) is 110 Å².